The van der Waals surface area contributed by atoms with E-state index < -0.39 is 120 Å². The Kier molecular flexibility index (Phi) is 26.2. The lowest BCUT2D eigenvalue weighted by molar-refractivity contribution is -0.194. The van der Waals surface area contributed by atoms with E-state index in [1.54, 1.807) is 12.2 Å². The van der Waals surface area contributed by atoms with E-state index in [1.807, 2.05) is 6.92 Å². The summed E-state index contributed by atoms with van der Waals surface area (Å²) in [4.78, 5) is 63.8. The monoisotopic (exact) mass is 995 g/mol. The zero-order valence-corrected chi connectivity index (χ0v) is 40.7. The molecule has 2 aliphatic rings. The Labute approximate surface area is 392 Å². The number of aliphatic hydroxyl groups excluding tert-OH is 5. The number of phosphoric acid groups is 2. The molecule has 2 unspecified atom stereocenters. The van der Waals surface area contributed by atoms with Crippen molar-refractivity contribution in [2.75, 3.05) is 25.6 Å². The van der Waals surface area contributed by atoms with Crippen LogP contribution in [0.2, 0.25) is 0 Å². The SMILES string of the molecule is CCCCC[C@H](O)/C=C\[C@@H]1[C@H](O)[C@H](O)[C@H]2COP(=O)(O)OP(=O)(O)OC[C@@H](COC(=O)CCCCCCCCC(C)C)OC(=O)CCCC=CC[C@H]([C@H](n3ccc(N)nc3=O)O2)[C@@H](O)C[C@H]1O. The number of nitrogen functional groups attached to an aromatic ring is 1. The first kappa shape index (κ1) is 58.4. The number of carbonyl (C=O) groups is 2. The van der Waals surface area contributed by atoms with Gasteiger partial charge in [-0.2, -0.15) is 9.29 Å². The van der Waals surface area contributed by atoms with Crippen molar-refractivity contribution in [2.24, 2.45) is 17.8 Å². The third-order valence-electron chi connectivity index (χ3n) is 11.5. The van der Waals surface area contributed by atoms with Gasteiger partial charge in [0.2, 0.25) is 0 Å². The number of hydrogen-bond donors (Lipinski definition) is 8. The van der Waals surface area contributed by atoms with Crippen LogP contribution in [0.3, 0.4) is 0 Å². The topological polar surface area (TPSA) is 326 Å². The molecular weight excluding hydrogens is 920 g/mol. The van der Waals surface area contributed by atoms with Gasteiger partial charge in [-0.25, -0.2) is 13.9 Å². The van der Waals surface area contributed by atoms with Crippen LogP contribution in [0.5, 0.6) is 0 Å². The van der Waals surface area contributed by atoms with Gasteiger partial charge in [-0.1, -0.05) is 103 Å². The minimum Gasteiger partial charge on any atom is -0.462 e. The number of allylic oxidation sites excluding steroid dienone is 2. The molecule has 67 heavy (non-hydrogen) atoms. The summed E-state index contributed by atoms with van der Waals surface area (Å²) < 4.78 is 58.7. The van der Waals surface area contributed by atoms with Crippen molar-refractivity contribution in [3.05, 3.63) is 47.1 Å². The van der Waals surface area contributed by atoms with Gasteiger partial charge in [0.25, 0.3) is 0 Å². The number of carbonyl (C=O) groups excluding carboxylic acids is 2. The van der Waals surface area contributed by atoms with E-state index in [0.717, 1.165) is 55.9 Å². The summed E-state index contributed by atoms with van der Waals surface area (Å²) in [6.07, 6.45) is 3.29. The maximum Gasteiger partial charge on any atom is 0.481 e. The predicted molar refractivity (Wildman–Crippen MR) is 245 cm³/mol. The van der Waals surface area contributed by atoms with Crippen molar-refractivity contribution in [3.63, 3.8) is 0 Å². The fourth-order valence-electron chi connectivity index (χ4n) is 7.71. The lowest BCUT2D eigenvalue weighted by Crippen LogP contribution is -2.52. The van der Waals surface area contributed by atoms with Gasteiger partial charge in [0.15, 0.2) is 6.10 Å². The molecule has 384 valence electrons. The van der Waals surface area contributed by atoms with Gasteiger partial charge in [0, 0.05) is 37.3 Å². The highest BCUT2D eigenvalue weighted by Gasteiger charge is 2.45. The van der Waals surface area contributed by atoms with E-state index in [0.29, 0.717) is 25.2 Å². The number of nitrogens with zero attached hydrogens (tertiary/aromatic N) is 2. The van der Waals surface area contributed by atoms with Crippen LogP contribution < -0.4 is 11.4 Å². The second kappa shape index (κ2) is 30.0. The molecule has 0 radical (unpaired) electrons. The molecule has 0 aliphatic carbocycles. The molecule has 0 saturated carbocycles. The highest BCUT2D eigenvalue weighted by molar-refractivity contribution is 7.61. The van der Waals surface area contributed by atoms with Gasteiger partial charge in [0.05, 0.1) is 37.6 Å². The van der Waals surface area contributed by atoms with Gasteiger partial charge in [-0.15, -0.1) is 0 Å². The molecule has 0 aromatic carbocycles. The molecule has 2 aliphatic heterocycles. The molecule has 0 spiro atoms. The Balaban J connectivity index is 1.92. The van der Waals surface area contributed by atoms with E-state index in [4.69, 9.17) is 29.0 Å². The van der Waals surface area contributed by atoms with Crippen molar-refractivity contribution < 1.29 is 81.6 Å². The van der Waals surface area contributed by atoms with Crippen LogP contribution in [-0.4, -0.2) is 119 Å². The summed E-state index contributed by atoms with van der Waals surface area (Å²) in [5, 5.41) is 57.3. The van der Waals surface area contributed by atoms with E-state index in [2.05, 4.69) is 23.1 Å². The molecule has 1 aromatic heterocycles. The maximum atomic E-state index is 13.3. The number of aliphatic hydroxyl groups is 5. The molecule has 21 nitrogen and oxygen atoms in total. The largest absolute Gasteiger partial charge is 0.481 e. The minimum absolute atomic E-state index is 0.0787. The van der Waals surface area contributed by atoms with E-state index in [1.165, 1.54) is 24.4 Å². The Hall–Kier alpha value is -2.88. The molecule has 3 rings (SSSR count). The lowest BCUT2D eigenvalue weighted by atomic mass is 9.82. The normalized spacial score (nSPS) is 31.6. The molecule has 3 heterocycles. The molecule has 9 N–H and O–H groups in total. The number of rotatable bonds is 18. The van der Waals surface area contributed by atoms with Crippen LogP contribution in [0.4, 0.5) is 5.82 Å². The Morgan fingerprint density at radius 3 is 2.30 bits per heavy atom. The first-order chi connectivity index (χ1) is 31.7. The first-order valence-corrected chi connectivity index (χ1v) is 26.5. The second-order valence-corrected chi connectivity index (χ2v) is 20.8. The average Bonchev–Trinajstić information content (AvgIpc) is 3.24. The fraction of sp³-hybridized carbons (Fsp3) is 0.773. The number of ether oxygens (including phenoxy) is 3. The molecule has 1 fully saturated rings. The minimum atomic E-state index is -5.69. The van der Waals surface area contributed by atoms with Gasteiger partial charge < -0.3 is 55.3 Å². The summed E-state index contributed by atoms with van der Waals surface area (Å²) in [5.74, 6) is -3.48. The molecule has 1 saturated heterocycles. The molecule has 0 amide bonds. The number of aromatic nitrogens is 2. The zero-order valence-electron chi connectivity index (χ0n) is 38.9. The molecule has 12 atom stereocenters. The maximum absolute atomic E-state index is 13.3. The number of phosphoric ester groups is 2. The predicted octanol–water partition coefficient (Wildman–Crippen LogP) is 4.90. The summed E-state index contributed by atoms with van der Waals surface area (Å²) in [6, 6.07) is 1.24. The van der Waals surface area contributed by atoms with Gasteiger partial charge in [-0.3, -0.25) is 23.2 Å². The van der Waals surface area contributed by atoms with Crippen molar-refractivity contribution in [2.45, 2.75) is 179 Å². The molecule has 2 bridgehead atoms. The zero-order chi connectivity index (χ0) is 49.6. The Bertz CT molecular complexity index is 1850. The number of cyclic esters (lactones) is 1. The van der Waals surface area contributed by atoms with Crippen LogP contribution in [0.25, 0.3) is 0 Å². The van der Waals surface area contributed by atoms with Crippen LogP contribution in [-0.2, 0) is 46.3 Å². The highest BCUT2D eigenvalue weighted by atomic mass is 31.3. The molecular formula is C44H75N3O18P2. The van der Waals surface area contributed by atoms with Gasteiger partial charge in [-0.05, 0) is 44.1 Å². The Morgan fingerprint density at radius 2 is 1.61 bits per heavy atom. The van der Waals surface area contributed by atoms with Crippen LogP contribution in [0, 0.1) is 17.8 Å². The van der Waals surface area contributed by atoms with Crippen molar-refractivity contribution >= 4 is 33.4 Å². The van der Waals surface area contributed by atoms with Crippen molar-refractivity contribution in [3.8, 4) is 0 Å². The van der Waals surface area contributed by atoms with Crippen LogP contribution in [0.15, 0.2) is 41.4 Å². The van der Waals surface area contributed by atoms with Crippen LogP contribution in [0.1, 0.15) is 136 Å². The smallest absolute Gasteiger partial charge is 0.462 e. The number of esters is 2. The lowest BCUT2D eigenvalue weighted by Gasteiger charge is -2.40. The quantitative estimate of drug-likeness (QED) is 0.0420. The van der Waals surface area contributed by atoms with Crippen molar-refractivity contribution in [1.29, 1.82) is 0 Å². The Morgan fingerprint density at radius 1 is 0.940 bits per heavy atom. The van der Waals surface area contributed by atoms with Crippen LogP contribution >= 0.6 is 15.6 Å². The van der Waals surface area contributed by atoms with Gasteiger partial charge in [0.1, 0.15) is 30.9 Å². The number of nitrogens with two attached hydrogens (primary N) is 1. The molecule has 1 aromatic rings. The van der Waals surface area contributed by atoms with E-state index >= 15 is 0 Å². The first-order valence-electron chi connectivity index (χ1n) is 23.5. The number of hydrogen-bond acceptors (Lipinski definition) is 18. The fourth-order valence-corrected chi connectivity index (χ4v) is 9.82. The third kappa shape index (κ3) is 22.2. The summed E-state index contributed by atoms with van der Waals surface area (Å²) in [5.41, 5.74) is 4.76. The number of fused-ring (bicyclic) bond motifs is 3. The standard InChI is InChI=1S/C44H75N3O18P2/c1-4-5-12-18-31(48)22-23-33-35(49)26-36(50)34-19-14-10-11-16-21-40(52)63-32(27-60-39(51)20-15-9-7-6-8-13-17-30(2)3)28-61-66(56,57)65-67(58,59)62-29-37(42(54)41(33)53)64-43(34)47-25-24-38(45)46-44(47)55/h10,14,22-25,30-37,41-43,48-50,53-54H,4-9,11-13,15-21,26-29H2,1-3H3,(H,56,57)(H,58,59)(H2,45,46,55)/b14-10?,23-22-/t31-,32+,33-,34-,35+,36-,37+,41-,42+,43+/m0/s1. The third-order valence-corrected chi connectivity index (χ3v) is 14.1. The summed E-state index contributed by atoms with van der Waals surface area (Å²) in [6.45, 7) is 3.65. The van der Waals surface area contributed by atoms with E-state index in [-0.39, 0.29) is 37.9 Å². The average molecular weight is 996 g/mol. The van der Waals surface area contributed by atoms with Gasteiger partial charge >= 0.3 is 33.3 Å². The molecule has 23 heteroatoms. The highest BCUT2D eigenvalue weighted by Crippen LogP contribution is 2.60. The van der Waals surface area contributed by atoms with Crippen molar-refractivity contribution in [1.82, 2.24) is 9.55 Å². The summed E-state index contributed by atoms with van der Waals surface area (Å²) >= 11 is 0. The summed E-state index contributed by atoms with van der Waals surface area (Å²) in [7, 11) is -11.3. The van der Waals surface area contributed by atoms with E-state index in [9.17, 15) is 58.8 Å². The second-order valence-electron chi connectivity index (χ2n) is 17.7. The number of unbranched alkanes of at least 4 members (excludes halogenated alkanes) is 7. The number of anilines is 1.